The highest BCUT2D eigenvalue weighted by Gasteiger charge is 2.16. The highest BCUT2D eigenvalue weighted by atomic mass is 16.5. The van der Waals surface area contributed by atoms with Crippen molar-refractivity contribution >= 4 is 5.97 Å². The molecule has 23 heavy (non-hydrogen) atoms. The smallest absolute Gasteiger partial charge is 0.343 e. The second-order valence-electron chi connectivity index (χ2n) is 7.99. The summed E-state index contributed by atoms with van der Waals surface area (Å²) >= 11 is 0. The Morgan fingerprint density at radius 3 is 1.48 bits per heavy atom. The van der Waals surface area contributed by atoms with Gasteiger partial charge in [0.05, 0.1) is 5.56 Å². The lowest BCUT2D eigenvalue weighted by Gasteiger charge is -2.19. The van der Waals surface area contributed by atoms with E-state index in [1.54, 1.807) is 0 Å². The van der Waals surface area contributed by atoms with E-state index in [9.17, 15) is 4.79 Å². The summed E-state index contributed by atoms with van der Waals surface area (Å²) in [5.74, 6) is 0.247. The molecule has 122 valence electrons. The summed E-state index contributed by atoms with van der Waals surface area (Å²) < 4.78 is 5.45. The highest BCUT2D eigenvalue weighted by molar-refractivity contribution is 5.91. The number of esters is 1. The van der Waals surface area contributed by atoms with E-state index in [0.717, 1.165) is 0 Å². The first-order chi connectivity index (χ1) is 10.6. The monoisotopic (exact) mass is 310 g/mol. The fourth-order valence-corrected chi connectivity index (χ4v) is 2.30. The van der Waals surface area contributed by atoms with Crippen LogP contribution in [0.4, 0.5) is 0 Å². The molecule has 2 aromatic carbocycles. The average Bonchev–Trinajstić information content (AvgIpc) is 2.46. The fourth-order valence-electron chi connectivity index (χ4n) is 2.30. The minimum absolute atomic E-state index is 0.0746. The minimum Gasteiger partial charge on any atom is -0.423 e. The average molecular weight is 310 g/mol. The molecule has 2 heteroatoms. The summed E-state index contributed by atoms with van der Waals surface area (Å²) in [6, 6.07) is 15.3. The van der Waals surface area contributed by atoms with Crippen molar-refractivity contribution in [2.24, 2.45) is 0 Å². The SMILES string of the molecule is CC(C)(C)c1ccc(OC(=O)c2ccc(C(C)(C)C)cc2)cc1. The molecular formula is C21H26O2. The van der Waals surface area contributed by atoms with Crippen molar-refractivity contribution in [2.45, 2.75) is 52.4 Å². The lowest BCUT2D eigenvalue weighted by molar-refractivity contribution is 0.0734. The normalized spacial score (nSPS) is 12.1. The quantitative estimate of drug-likeness (QED) is 0.540. The maximum atomic E-state index is 12.2. The molecule has 0 atom stereocenters. The standard InChI is InChI=1S/C21H26O2/c1-20(2,3)16-9-7-15(8-10-16)19(22)23-18-13-11-17(12-14-18)21(4,5)6/h7-14H,1-6H3. The molecule has 0 heterocycles. The molecule has 0 saturated heterocycles. The van der Waals surface area contributed by atoms with Gasteiger partial charge < -0.3 is 4.74 Å². The molecule has 2 aromatic rings. The van der Waals surface area contributed by atoms with E-state index < -0.39 is 0 Å². The molecule has 0 aromatic heterocycles. The van der Waals surface area contributed by atoms with Gasteiger partial charge in [0, 0.05) is 0 Å². The highest BCUT2D eigenvalue weighted by Crippen LogP contribution is 2.25. The van der Waals surface area contributed by atoms with Crippen molar-refractivity contribution in [1.82, 2.24) is 0 Å². The van der Waals surface area contributed by atoms with Crippen LogP contribution in [0.1, 0.15) is 63.0 Å². The van der Waals surface area contributed by atoms with Gasteiger partial charge in [-0.05, 0) is 46.2 Å². The van der Waals surface area contributed by atoms with Crippen LogP contribution in [0.2, 0.25) is 0 Å². The van der Waals surface area contributed by atoms with Crippen molar-refractivity contribution in [3.63, 3.8) is 0 Å². The third-order valence-corrected chi connectivity index (χ3v) is 3.92. The molecule has 0 N–H and O–H groups in total. The molecule has 0 fully saturated rings. The van der Waals surface area contributed by atoms with Crippen molar-refractivity contribution in [1.29, 1.82) is 0 Å². The number of ether oxygens (including phenoxy) is 1. The first-order valence-electron chi connectivity index (χ1n) is 8.01. The summed E-state index contributed by atoms with van der Waals surface area (Å²) in [7, 11) is 0. The van der Waals surface area contributed by atoms with Crippen LogP contribution in [0.3, 0.4) is 0 Å². The molecule has 2 nitrogen and oxygen atoms in total. The summed E-state index contributed by atoms with van der Waals surface area (Å²) in [5.41, 5.74) is 3.14. The maximum absolute atomic E-state index is 12.2. The molecule has 0 saturated carbocycles. The number of carbonyl (C=O) groups excluding carboxylic acids is 1. The second-order valence-corrected chi connectivity index (χ2v) is 7.99. The maximum Gasteiger partial charge on any atom is 0.343 e. The van der Waals surface area contributed by atoms with Crippen LogP contribution < -0.4 is 4.74 Å². The van der Waals surface area contributed by atoms with Gasteiger partial charge in [-0.25, -0.2) is 4.79 Å². The zero-order valence-electron chi connectivity index (χ0n) is 14.9. The molecule has 0 amide bonds. The number of benzene rings is 2. The van der Waals surface area contributed by atoms with Gasteiger partial charge >= 0.3 is 5.97 Å². The van der Waals surface area contributed by atoms with Crippen LogP contribution in [0.5, 0.6) is 5.75 Å². The first-order valence-corrected chi connectivity index (χ1v) is 8.01. The van der Waals surface area contributed by atoms with E-state index >= 15 is 0 Å². The van der Waals surface area contributed by atoms with Crippen LogP contribution >= 0.6 is 0 Å². The molecule has 0 aliphatic heterocycles. The van der Waals surface area contributed by atoms with Crippen LogP contribution in [0, 0.1) is 0 Å². The van der Waals surface area contributed by atoms with Gasteiger partial charge in [-0.3, -0.25) is 0 Å². The molecule has 0 aliphatic carbocycles. The number of hydrogen-bond acceptors (Lipinski definition) is 2. The first kappa shape index (κ1) is 17.3. The molecule has 0 aliphatic rings. The zero-order chi connectivity index (χ0) is 17.3. The Bertz CT molecular complexity index is 666. The Labute approximate surface area is 139 Å². The van der Waals surface area contributed by atoms with Crippen molar-refractivity contribution in [3.05, 3.63) is 65.2 Å². The lowest BCUT2D eigenvalue weighted by Crippen LogP contribution is -2.13. The predicted molar refractivity (Wildman–Crippen MR) is 95.2 cm³/mol. The molecule has 2 rings (SSSR count). The zero-order valence-corrected chi connectivity index (χ0v) is 14.9. The topological polar surface area (TPSA) is 26.3 Å². The Balaban J connectivity index is 2.10. The number of rotatable bonds is 2. The van der Waals surface area contributed by atoms with E-state index in [1.165, 1.54) is 11.1 Å². The van der Waals surface area contributed by atoms with Crippen molar-refractivity contribution in [2.75, 3.05) is 0 Å². The van der Waals surface area contributed by atoms with Gasteiger partial charge in [0.25, 0.3) is 0 Å². The van der Waals surface area contributed by atoms with E-state index in [4.69, 9.17) is 4.74 Å². The molecule has 0 spiro atoms. The second kappa shape index (κ2) is 6.19. The predicted octanol–water partition coefficient (Wildman–Crippen LogP) is 5.50. The third-order valence-electron chi connectivity index (χ3n) is 3.92. The van der Waals surface area contributed by atoms with Crippen LogP contribution in [0.15, 0.2) is 48.5 Å². The number of carbonyl (C=O) groups is 1. The van der Waals surface area contributed by atoms with Gasteiger partial charge in [0.1, 0.15) is 5.75 Å². The van der Waals surface area contributed by atoms with Gasteiger partial charge in [0.15, 0.2) is 0 Å². The van der Waals surface area contributed by atoms with Crippen molar-refractivity contribution < 1.29 is 9.53 Å². The van der Waals surface area contributed by atoms with Gasteiger partial charge in [-0.2, -0.15) is 0 Å². The number of hydrogen-bond donors (Lipinski definition) is 0. The Kier molecular flexibility index (Phi) is 4.65. The van der Waals surface area contributed by atoms with Crippen LogP contribution in [0.25, 0.3) is 0 Å². The molecule has 0 unspecified atom stereocenters. The van der Waals surface area contributed by atoms with E-state index in [0.29, 0.717) is 11.3 Å². The summed E-state index contributed by atoms with van der Waals surface area (Å²) in [6.07, 6.45) is 0. The minimum atomic E-state index is -0.325. The van der Waals surface area contributed by atoms with Crippen LogP contribution in [-0.2, 0) is 10.8 Å². The molecule has 0 bridgehead atoms. The van der Waals surface area contributed by atoms with Gasteiger partial charge in [-0.15, -0.1) is 0 Å². The Morgan fingerprint density at radius 2 is 1.09 bits per heavy atom. The lowest BCUT2D eigenvalue weighted by atomic mass is 9.87. The van der Waals surface area contributed by atoms with Crippen molar-refractivity contribution in [3.8, 4) is 5.75 Å². The summed E-state index contributed by atoms with van der Waals surface area (Å²) in [6.45, 7) is 12.9. The Hall–Kier alpha value is -2.09. The summed E-state index contributed by atoms with van der Waals surface area (Å²) in [4.78, 5) is 12.2. The van der Waals surface area contributed by atoms with Gasteiger partial charge in [-0.1, -0.05) is 65.8 Å². The fraction of sp³-hybridized carbons (Fsp3) is 0.381. The van der Waals surface area contributed by atoms with Crippen LogP contribution in [-0.4, -0.2) is 5.97 Å². The van der Waals surface area contributed by atoms with E-state index in [-0.39, 0.29) is 16.8 Å². The van der Waals surface area contributed by atoms with E-state index in [2.05, 4.69) is 41.5 Å². The third kappa shape index (κ3) is 4.44. The molecular weight excluding hydrogens is 284 g/mol. The Morgan fingerprint density at radius 1 is 0.696 bits per heavy atom. The summed E-state index contributed by atoms with van der Waals surface area (Å²) in [5, 5.41) is 0. The van der Waals surface area contributed by atoms with E-state index in [1.807, 2.05) is 48.5 Å². The largest absolute Gasteiger partial charge is 0.423 e. The van der Waals surface area contributed by atoms with Gasteiger partial charge in [0.2, 0.25) is 0 Å². The molecule has 0 radical (unpaired) electrons.